The molecule has 0 saturated carbocycles. The maximum atomic E-state index is 9.46. The van der Waals surface area contributed by atoms with Crippen LogP contribution in [0.3, 0.4) is 0 Å². The molecule has 3 rings (SSSR count). The SMILES string of the molecule is CC(C)(C)N1CC(Cn2cc3cc(O)ccc3n2)C1. The van der Waals surface area contributed by atoms with Gasteiger partial charge in [-0.25, -0.2) is 0 Å². The minimum Gasteiger partial charge on any atom is -0.508 e. The summed E-state index contributed by atoms with van der Waals surface area (Å²) in [5.41, 5.74) is 1.22. The summed E-state index contributed by atoms with van der Waals surface area (Å²) in [5.74, 6) is 0.983. The number of nitrogens with zero attached hydrogens (tertiary/aromatic N) is 3. The van der Waals surface area contributed by atoms with Crippen molar-refractivity contribution in [1.29, 1.82) is 0 Å². The number of aromatic hydroxyl groups is 1. The zero-order valence-corrected chi connectivity index (χ0v) is 11.8. The smallest absolute Gasteiger partial charge is 0.116 e. The molecule has 1 fully saturated rings. The molecule has 0 atom stereocenters. The van der Waals surface area contributed by atoms with Crippen molar-refractivity contribution in [2.24, 2.45) is 5.92 Å². The first kappa shape index (κ1) is 12.5. The molecular formula is C15H21N3O. The molecule has 1 aromatic carbocycles. The quantitative estimate of drug-likeness (QED) is 0.900. The van der Waals surface area contributed by atoms with E-state index < -0.39 is 0 Å². The van der Waals surface area contributed by atoms with Gasteiger partial charge in [-0.1, -0.05) is 0 Å². The number of fused-ring (bicyclic) bond motifs is 1. The maximum absolute atomic E-state index is 9.46. The van der Waals surface area contributed by atoms with Gasteiger partial charge in [-0.05, 0) is 39.0 Å². The summed E-state index contributed by atoms with van der Waals surface area (Å²) in [4.78, 5) is 2.49. The van der Waals surface area contributed by atoms with Gasteiger partial charge < -0.3 is 5.11 Å². The van der Waals surface area contributed by atoms with Crippen LogP contribution in [0, 0.1) is 5.92 Å². The molecule has 1 aromatic heterocycles. The average Bonchev–Trinajstić information content (AvgIpc) is 2.62. The van der Waals surface area contributed by atoms with E-state index in [1.807, 2.05) is 16.9 Å². The number of hydrogen-bond donors (Lipinski definition) is 1. The van der Waals surface area contributed by atoms with E-state index in [2.05, 4.69) is 30.8 Å². The fourth-order valence-corrected chi connectivity index (χ4v) is 2.66. The standard InChI is InChI=1S/C15H21N3O/c1-15(2,3)17-7-11(8-17)9-18-10-12-6-13(19)4-5-14(12)16-18/h4-6,10-11,19H,7-9H2,1-3H3. The lowest BCUT2D eigenvalue weighted by molar-refractivity contribution is 0.00547. The third-order valence-electron chi connectivity index (χ3n) is 3.89. The van der Waals surface area contributed by atoms with Gasteiger partial charge in [-0.3, -0.25) is 9.58 Å². The van der Waals surface area contributed by atoms with Gasteiger partial charge in [0.1, 0.15) is 5.75 Å². The van der Waals surface area contributed by atoms with Gasteiger partial charge in [0.2, 0.25) is 0 Å². The topological polar surface area (TPSA) is 41.3 Å². The van der Waals surface area contributed by atoms with E-state index in [-0.39, 0.29) is 5.54 Å². The van der Waals surface area contributed by atoms with Crippen LogP contribution >= 0.6 is 0 Å². The molecule has 0 unspecified atom stereocenters. The van der Waals surface area contributed by atoms with Crippen LogP contribution in [0.1, 0.15) is 20.8 Å². The fourth-order valence-electron chi connectivity index (χ4n) is 2.66. The Morgan fingerprint density at radius 1 is 1.32 bits per heavy atom. The summed E-state index contributed by atoms with van der Waals surface area (Å²) < 4.78 is 2.01. The highest BCUT2D eigenvalue weighted by atomic mass is 16.3. The fraction of sp³-hybridized carbons (Fsp3) is 0.533. The minimum atomic E-state index is 0.275. The van der Waals surface area contributed by atoms with Crippen LogP contribution in [0.5, 0.6) is 5.75 Å². The molecule has 0 aliphatic carbocycles. The van der Waals surface area contributed by atoms with Crippen molar-refractivity contribution in [3.8, 4) is 5.75 Å². The molecule has 102 valence electrons. The molecule has 4 heteroatoms. The highest BCUT2D eigenvalue weighted by Gasteiger charge is 2.34. The van der Waals surface area contributed by atoms with Crippen molar-refractivity contribution in [3.05, 3.63) is 24.4 Å². The highest BCUT2D eigenvalue weighted by Crippen LogP contribution is 2.27. The van der Waals surface area contributed by atoms with E-state index in [0.29, 0.717) is 11.7 Å². The average molecular weight is 259 g/mol. The number of likely N-dealkylation sites (tertiary alicyclic amines) is 1. The number of rotatable bonds is 2. The monoisotopic (exact) mass is 259 g/mol. The number of aromatic nitrogens is 2. The molecule has 4 nitrogen and oxygen atoms in total. The predicted molar refractivity (Wildman–Crippen MR) is 76.2 cm³/mol. The molecule has 1 N–H and O–H groups in total. The molecule has 19 heavy (non-hydrogen) atoms. The molecule has 0 spiro atoms. The molecule has 1 saturated heterocycles. The minimum absolute atomic E-state index is 0.275. The van der Waals surface area contributed by atoms with Crippen molar-refractivity contribution < 1.29 is 5.11 Å². The van der Waals surface area contributed by atoms with Crippen LogP contribution in [0.2, 0.25) is 0 Å². The molecule has 2 aromatic rings. The number of benzene rings is 1. The van der Waals surface area contributed by atoms with Gasteiger partial charge in [0, 0.05) is 42.7 Å². The second-order valence-corrected chi connectivity index (χ2v) is 6.54. The van der Waals surface area contributed by atoms with Crippen LogP contribution in [-0.2, 0) is 6.54 Å². The summed E-state index contributed by atoms with van der Waals surface area (Å²) in [6.45, 7) is 10.0. The summed E-state index contributed by atoms with van der Waals surface area (Å²) in [5, 5.41) is 15.0. The Labute approximate surface area is 113 Å². The molecule has 1 aliphatic heterocycles. The van der Waals surface area contributed by atoms with E-state index in [1.54, 1.807) is 12.1 Å². The highest BCUT2D eigenvalue weighted by molar-refractivity contribution is 5.79. The van der Waals surface area contributed by atoms with E-state index in [4.69, 9.17) is 0 Å². The first-order valence-electron chi connectivity index (χ1n) is 6.83. The van der Waals surface area contributed by atoms with Crippen LogP contribution in [0.25, 0.3) is 10.9 Å². The van der Waals surface area contributed by atoms with Crippen molar-refractivity contribution in [2.75, 3.05) is 13.1 Å². The van der Waals surface area contributed by atoms with Gasteiger partial charge in [-0.15, -0.1) is 0 Å². The van der Waals surface area contributed by atoms with E-state index in [0.717, 1.165) is 30.5 Å². The summed E-state index contributed by atoms with van der Waals surface area (Å²) in [6.07, 6.45) is 2.02. The van der Waals surface area contributed by atoms with Gasteiger partial charge in [0.25, 0.3) is 0 Å². The first-order chi connectivity index (χ1) is 8.91. The van der Waals surface area contributed by atoms with Crippen molar-refractivity contribution in [2.45, 2.75) is 32.9 Å². The molecule has 1 aliphatic rings. The van der Waals surface area contributed by atoms with E-state index in [9.17, 15) is 5.11 Å². The Kier molecular flexibility index (Phi) is 2.78. The Hall–Kier alpha value is -1.55. The first-order valence-corrected chi connectivity index (χ1v) is 6.83. The molecule has 0 amide bonds. The Bertz CT molecular complexity index is 591. The van der Waals surface area contributed by atoms with Gasteiger partial charge in [-0.2, -0.15) is 5.10 Å². The molecular weight excluding hydrogens is 238 g/mol. The molecule has 0 bridgehead atoms. The lowest BCUT2D eigenvalue weighted by Gasteiger charge is -2.47. The van der Waals surface area contributed by atoms with Gasteiger partial charge >= 0.3 is 0 Å². The lowest BCUT2D eigenvalue weighted by atomic mass is 9.92. The Morgan fingerprint density at radius 2 is 2.05 bits per heavy atom. The third-order valence-corrected chi connectivity index (χ3v) is 3.89. The molecule has 2 heterocycles. The normalized spacial score (nSPS) is 17.8. The van der Waals surface area contributed by atoms with Crippen molar-refractivity contribution in [3.63, 3.8) is 0 Å². The largest absolute Gasteiger partial charge is 0.508 e. The van der Waals surface area contributed by atoms with Crippen molar-refractivity contribution >= 4 is 10.9 Å². The van der Waals surface area contributed by atoms with Crippen LogP contribution in [0.4, 0.5) is 0 Å². The second kappa shape index (κ2) is 4.23. The van der Waals surface area contributed by atoms with Crippen molar-refractivity contribution in [1.82, 2.24) is 14.7 Å². The van der Waals surface area contributed by atoms with E-state index >= 15 is 0 Å². The zero-order chi connectivity index (χ0) is 13.6. The number of hydrogen-bond acceptors (Lipinski definition) is 3. The van der Waals surface area contributed by atoms with Crippen LogP contribution in [-0.4, -0.2) is 38.4 Å². The Balaban J connectivity index is 1.67. The van der Waals surface area contributed by atoms with Gasteiger partial charge in [0.15, 0.2) is 0 Å². The Morgan fingerprint density at radius 3 is 2.74 bits per heavy atom. The van der Waals surface area contributed by atoms with E-state index in [1.165, 1.54) is 0 Å². The zero-order valence-electron chi connectivity index (χ0n) is 11.8. The maximum Gasteiger partial charge on any atom is 0.116 e. The number of phenols is 1. The summed E-state index contributed by atoms with van der Waals surface area (Å²) in [7, 11) is 0. The summed E-state index contributed by atoms with van der Waals surface area (Å²) in [6, 6.07) is 5.31. The third kappa shape index (κ3) is 2.45. The van der Waals surface area contributed by atoms with Crippen LogP contribution in [0.15, 0.2) is 24.4 Å². The lowest BCUT2D eigenvalue weighted by Crippen LogP contribution is -2.56. The predicted octanol–water partition coefficient (Wildman–Crippen LogP) is 2.47. The summed E-state index contributed by atoms with van der Waals surface area (Å²) >= 11 is 0. The van der Waals surface area contributed by atoms with Crippen LogP contribution < -0.4 is 0 Å². The molecule has 0 radical (unpaired) electrons. The second-order valence-electron chi connectivity index (χ2n) is 6.54. The number of phenolic OH excluding ortho intramolecular Hbond substituents is 1. The van der Waals surface area contributed by atoms with Gasteiger partial charge in [0.05, 0.1) is 5.52 Å².